The van der Waals surface area contributed by atoms with Crippen molar-refractivity contribution in [2.24, 2.45) is 9.54 Å². The molecule has 0 saturated heterocycles. The molecular weight excluding hydrogens is 248 g/mol. The number of nitrogens with one attached hydrogen (secondary N) is 2. The number of hydrazine groups is 1. The summed E-state index contributed by atoms with van der Waals surface area (Å²) in [5, 5.41) is 4.71. The molecule has 9 heteroatoms. The molecule has 0 aliphatic carbocycles. The SMILES string of the molecule is NS(=O)(=O)/N=C(\NNC=O)Oc1ccccc1. The maximum Gasteiger partial charge on any atom is 0.326 e. The maximum atomic E-state index is 10.7. The first-order valence-electron chi connectivity index (χ1n) is 4.32. The van der Waals surface area contributed by atoms with Gasteiger partial charge in [-0.15, -0.1) is 0 Å². The molecule has 0 atom stereocenters. The largest absolute Gasteiger partial charge is 0.424 e. The molecule has 1 aromatic carbocycles. The molecule has 0 spiro atoms. The number of hydrogen-bond donors (Lipinski definition) is 3. The number of amidine groups is 1. The Balaban J connectivity index is 2.85. The summed E-state index contributed by atoms with van der Waals surface area (Å²) >= 11 is 0. The summed E-state index contributed by atoms with van der Waals surface area (Å²) in [4.78, 5) is 10.1. The summed E-state index contributed by atoms with van der Waals surface area (Å²) in [5.74, 6) is 0.329. The molecule has 4 N–H and O–H groups in total. The van der Waals surface area contributed by atoms with E-state index >= 15 is 0 Å². The lowest BCUT2D eigenvalue weighted by Crippen LogP contribution is -2.40. The monoisotopic (exact) mass is 258 g/mol. The summed E-state index contributed by atoms with van der Waals surface area (Å²) in [6, 6.07) is 7.78. The fourth-order valence-electron chi connectivity index (χ4n) is 0.874. The van der Waals surface area contributed by atoms with E-state index in [4.69, 9.17) is 9.88 Å². The first-order valence-corrected chi connectivity index (χ1v) is 5.82. The lowest BCUT2D eigenvalue weighted by molar-refractivity contribution is -0.110. The first-order chi connectivity index (χ1) is 8.01. The van der Waals surface area contributed by atoms with E-state index in [-0.39, 0.29) is 6.41 Å². The molecular formula is C8H10N4O4S. The fraction of sp³-hybridized carbons (Fsp3) is 0. The molecule has 0 saturated carbocycles. The van der Waals surface area contributed by atoms with Crippen LogP contribution in [-0.2, 0) is 15.0 Å². The molecule has 1 rings (SSSR count). The summed E-state index contributed by atoms with van der Waals surface area (Å²) in [7, 11) is -4.13. The molecule has 0 heterocycles. The average Bonchev–Trinajstić information content (AvgIpc) is 2.25. The third kappa shape index (κ3) is 5.49. The summed E-state index contributed by atoms with van der Waals surface area (Å²) in [5.41, 5.74) is 4.11. The van der Waals surface area contributed by atoms with Crippen molar-refractivity contribution in [3.8, 4) is 5.75 Å². The molecule has 8 nitrogen and oxygen atoms in total. The number of ether oxygens (including phenoxy) is 1. The van der Waals surface area contributed by atoms with Crippen LogP contribution in [0.4, 0.5) is 0 Å². The van der Waals surface area contributed by atoms with E-state index in [2.05, 4.69) is 9.82 Å². The Hall–Kier alpha value is -2.13. The number of para-hydroxylation sites is 1. The van der Waals surface area contributed by atoms with E-state index in [0.717, 1.165) is 0 Å². The number of benzene rings is 1. The minimum atomic E-state index is -4.13. The average molecular weight is 258 g/mol. The molecule has 0 aliphatic heterocycles. The van der Waals surface area contributed by atoms with E-state index in [1.165, 1.54) is 0 Å². The van der Waals surface area contributed by atoms with Crippen molar-refractivity contribution in [2.45, 2.75) is 0 Å². The van der Waals surface area contributed by atoms with Gasteiger partial charge in [-0.3, -0.25) is 15.6 Å². The smallest absolute Gasteiger partial charge is 0.326 e. The number of carbonyl (C=O) groups excluding carboxylic acids is 1. The second kappa shape index (κ2) is 5.82. The van der Waals surface area contributed by atoms with Crippen molar-refractivity contribution < 1.29 is 17.9 Å². The molecule has 1 amide bonds. The zero-order valence-electron chi connectivity index (χ0n) is 8.53. The zero-order chi connectivity index (χ0) is 12.7. The van der Waals surface area contributed by atoms with Crippen LogP contribution in [0.25, 0.3) is 0 Å². The van der Waals surface area contributed by atoms with E-state index in [9.17, 15) is 13.2 Å². The highest BCUT2D eigenvalue weighted by Gasteiger charge is 2.07. The van der Waals surface area contributed by atoms with Crippen molar-refractivity contribution in [1.82, 2.24) is 10.9 Å². The number of nitrogens with zero attached hydrogens (tertiary/aromatic N) is 1. The number of nitrogens with two attached hydrogens (primary N) is 1. The molecule has 0 radical (unpaired) electrons. The van der Waals surface area contributed by atoms with Gasteiger partial charge in [-0.2, -0.15) is 8.42 Å². The predicted molar refractivity (Wildman–Crippen MR) is 59.9 cm³/mol. The van der Waals surface area contributed by atoms with E-state index < -0.39 is 16.2 Å². The highest BCUT2D eigenvalue weighted by molar-refractivity contribution is 7.88. The standard InChI is InChI=1S/C8H10N4O4S/c9-17(14,15)12-8(11-10-6-13)16-7-4-2-1-3-5-7/h1-6H,(H,10,13)(H,11,12)(H2,9,14,15). The Morgan fingerprint density at radius 2 is 2.00 bits per heavy atom. The molecule has 0 aromatic heterocycles. The summed E-state index contributed by atoms with van der Waals surface area (Å²) < 4.78 is 29.6. The molecule has 0 fully saturated rings. The van der Waals surface area contributed by atoms with Gasteiger partial charge < -0.3 is 4.74 Å². The van der Waals surface area contributed by atoms with Gasteiger partial charge in [-0.25, -0.2) is 5.14 Å². The van der Waals surface area contributed by atoms with Gasteiger partial charge in [-0.1, -0.05) is 22.6 Å². The Bertz CT molecular complexity index is 500. The van der Waals surface area contributed by atoms with Crippen LogP contribution in [0.5, 0.6) is 5.75 Å². The van der Waals surface area contributed by atoms with Crippen LogP contribution >= 0.6 is 0 Å². The Kier molecular flexibility index (Phi) is 4.43. The Labute approximate surface area is 97.6 Å². The molecule has 0 aliphatic rings. The number of rotatable bonds is 4. The van der Waals surface area contributed by atoms with Gasteiger partial charge in [0.15, 0.2) is 0 Å². The van der Waals surface area contributed by atoms with E-state index in [0.29, 0.717) is 5.75 Å². The van der Waals surface area contributed by atoms with Crippen molar-refractivity contribution in [2.75, 3.05) is 0 Å². The second-order valence-electron chi connectivity index (χ2n) is 2.71. The van der Waals surface area contributed by atoms with Crippen LogP contribution in [0, 0.1) is 0 Å². The third-order valence-electron chi connectivity index (χ3n) is 1.41. The molecule has 1 aromatic rings. The van der Waals surface area contributed by atoms with Crippen LogP contribution in [0.15, 0.2) is 34.7 Å². The highest BCUT2D eigenvalue weighted by atomic mass is 32.2. The maximum absolute atomic E-state index is 10.7. The van der Waals surface area contributed by atoms with Crippen LogP contribution in [0.3, 0.4) is 0 Å². The van der Waals surface area contributed by atoms with Crippen LogP contribution < -0.4 is 20.7 Å². The van der Waals surface area contributed by atoms with Crippen molar-refractivity contribution in [3.05, 3.63) is 30.3 Å². The van der Waals surface area contributed by atoms with E-state index in [1.807, 2.05) is 5.43 Å². The Morgan fingerprint density at radius 3 is 2.53 bits per heavy atom. The highest BCUT2D eigenvalue weighted by Crippen LogP contribution is 2.08. The third-order valence-corrected chi connectivity index (χ3v) is 1.83. The van der Waals surface area contributed by atoms with Gasteiger partial charge in [0.1, 0.15) is 5.75 Å². The van der Waals surface area contributed by atoms with Gasteiger partial charge in [-0.05, 0) is 12.1 Å². The molecule has 0 unspecified atom stereocenters. The van der Waals surface area contributed by atoms with Crippen LogP contribution in [0.2, 0.25) is 0 Å². The zero-order valence-corrected chi connectivity index (χ0v) is 9.35. The van der Waals surface area contributed by atoms with Gasteiger partial charge in [0, 0.05) is 0 Å². The molecule has 17 heavy (non-hydrogen) atoms. The second-order valence-corrected chi connectivity index (χ2v) is 3.93. The van der Waals surface area contributed by atoms with Crippen molar-refractivity contribution in [1.29, 1.82) is 0 Å². The van der Waals surface area contributed by atoms with Crippen molar-refractivity contribution >= 4 is 22.6 Å². The van der Waals surface area contributed by atoms with Crippen LogP contribution in [0.1, 0.15) is 0 Å². The Morgan fingerprint density at radius 1 is 1.35 bits per heavy atom. The predicted octanol–water partition coefficient (Wildman–Crippen LogP) is -1.12. The lowest BCUT2D eigenvalue weighted by atomic mass is 10.3. The first kappa shape index (κ1) is 12.9. The summed E-state index contributed by atoms with van der Waals surface area (Å²) in [6.45, 7) is 0. The van der Waals surface area contributed by atoms with Gasteiger partial charge >= 0.3 is 16.2 Å². The minimum Gasteiger partial charge on any atom is -0.424 e. The molecule has 0 bridgehead atoms. The quantitative estimate of drug-likeness (QED) is 0.273. The van der Waals surface area contributed by atoms with Crippen LogP contribution in [-0.4, -0.2) is 20.8 Å². The van der Waals surface area contributed by atoms with Crippen molar-refractivity contribution in [3.63, 3.8) is 0 Å². The number of amides is 1. The number of carbonyl (C=O) groups is 1. The minimum absolute atomic E-state index is 0.285. The fourth-order valence-corrected chi connectivity index (χ4v) is 1.19. The number of hydrogen-bond acceptors (Lipinski definition) is 4. The lowest BCUT2D eigenvalue weighted by Gasteiger charge is -2.08. The van der Waals surface area contributed by atoms with E-state index in [1.54, 1.807) is 30.3 Å². The van der Waals surface area contributed by atoms with Gasteiger partial charge in [0.25, 0.3) is 0 Å². The summed E-state index contributed by atoms with van der Waals surface area (Å²) in [6.07, 6.45) is 0.285. The normalized spacial score (nSPS) is 11.7. The van der Waals surface area contributed by atoms with Gasteiger partial charge in [0.2, 0.25) is 6.41 Å². The van der Waals surface area contributed by atoms with Gasteiger partial charge in [0.05, 0.1) is 0 Å². The molecule has 92 valence electrons. The topological polar surface area (TPSA) is 123 Å².